The van der Waals surface area contributed by atoms with Gasteiger partial charge in [0.2, 0.25) is 0 Å². The van der Waals surface area contributed by atoms with Gasteiger partial charge in [-0.05, 0) is 0 Å². The molecule has 2 saturated heterocycles. The first-order valence-electron chi connectivity index (χ1n) is 12.0. The molecule has 1 spiro atoms. The monoisotopic (exact) mass is 576 g/mol. The first-order valence-corrected chi connectivity index (χ1v) is 13.9. The van der Waals surface area contributed by atoms with Crippen molar-refractivity contribution in [2.24, 2.45) is 0 Å². The maximum absolute atomic E-state index is 14.1. The second kappa shape index (κ2) is 8.28. The van der Waals surface area contributed by atoms with Crippen LogP contribution in [-0.4, -0.2) is 37.7 Å². The summed E-state index contributed by atoms with van der Waals surface area (Å²) < 4.78 is 26.7. The predicted molar refractivity (Wildman–Crippen MR) is 119 cm³/mol. The Morgan fingerprint density at radius 1 is 1.38 bits per heavy atom. The first kappa shape index (κ1) is 22.4. The van der Waals surface area contributed by atoms with E-state index in [2.05, 4.69) is 22.9 Å². The SMILES string of the molecule is C[C@H]1CC[C@]2(Cc3nc(O[I-]C45CCCN4C[C@H](F)C5)ncc3CO2)c2c1ccc(N)c2C#N. The summed E-state index contributed by atoms with van der Waals surface area (Å²) in [6.07, 6.45) is 6.03. The summed E-state index contributed by atoms with van der Waals surface area (Å²) in [6.45, 7) is 4.06. The van der Waals surface area contributed by atoms with Gasteiger partial charge in [0.05, 0.1) is 0 Å². The van der Waals surface area contributed by atoms with Gasteiger partial charge in [-0.25, -0.2) is 0 Å². The molecule has 2 aromatic rings. The number of aromatic nitrogens is 2. The molecule has 6 rings (SSSR count). The van der Waals surface area contributed by atoms with Crippen LogP contribution in [0.2, 0.25) is 0 Å². The van der Waals surface area contributed by atoms with Crippen LogP contribution in [-0.2, 0) is 23.4 Å². The third-order valence-corrected chi connectivity index (χ3v) is 11.1. The van der Waals surface area contributed by atoms with Gasteiger partial charge in [0, 0.05) is 0 Å². The fourth-order valence-electron chi connectivity index (χ4n) is 6.23. The summed E-state index contributed by atoms with van der Waals surface area (Å²) in [4.78, 5) is 11.5. The Morgan fingerprint density at radius 3 is 3.12 bits per heavy atom. The van der Waals surface area contributed by atoms with Gasteiger partial charge in [0.15, 0.2) is 0 Å². The van der Waals surface area contributed by atoms with E-state index in [4.69, 9.17) is 18.5 Å². The number of hydrogen-bond acceptors (Lipinski definition) is 7. The Morgan fingerprint density at radius 2 is 2.26 bits per heavy atom. The summed E-state index contributed by atoms with van der Waals surface area (Å²) in [7, 11) is 0. The predicted octanol–water partition coefficient (Wildman–Crippen LogP) is 0.713. The van der Waals surface area contributed by atoms with Crippen LogP contribution in [0.15, 0.2) is 18.3 Å². The molecule has 7 nitrogen and oxygen atoms in total. The molecule has 2 fully saturated rings. The van der Waals surface area contributed by atoms with Crippen molar-refractivity contribution in [3.8, 4) is 12.1 Å². The van der Waals surface area contributed by atoms with Crippen LogP contribution in [0.5, 0.6) is 6.01 Å². The van der Waals surface area contributed by atoms with Crippen LogP contribution in [0.25, 0.3) is 0 Å². The van der Waals surface area contributed by atoms with E-state index in [-0.39, 0.29) is 3.55 Å². The molecule has 180 valence electrons. The van der Waals surface area contributed by atoms with Crippen molar-refractivity contribution in [2.45, 2.75) is 73.3 Å². The Hall–Kier alpha value is -2.03. The number of rotatable bonds is 3. The zero-order valence-electron chi connectivity index (χ0n) is 19.2. The van der Waals surface area contributed by atoms with E-state index >= 15 is 0 Å². The molecule has 0 bridgehead atoms. The van der Waals surface area contributed by atoms with Crippen molar-refractivity contribution in [3.05, 3.63) is 46.3 Å². The van der Waals surface area contributed by atoms with E-state index in [0.29, 0.717) is 49.2 Å². The third kappa shape index (κ3) is 3.48. The fraction of sp³-hybridized carbons (Fsp3) is 0.560. The molecule has 9 heteroatoms. The molecule has 2 N–H and O–H groups in total. The standard InChI is InChI=1S/C25H28FIN5O2/c1-15-5-7-24(22-18(15)3-4-20(29)19(22)11-28)10-21-16(14-33-24)12-30-23(31-21)34-27-25-6-2-8-32(25)13-17(26)9-25/h3-4,12,15,17H,2,5-10,13-14,29H2,1H3/q-1/t15-,17+,24-,25?/m0/s1. The molecule has 1 aromatic heterocycles. The average molecular weight is 576 g/mol. The van der Waals surface area contributed by atoms with Gasteiger partial charge >= 0.3 is 210 Å². The summed E-state index contributed by atoms with van der Waals surface area (Å²) in [5.74, 6) is 0.340. The zero-order valence-corrected chi connectivity index (χ0v) is 21.3. The van der Waals surface area contributed by atoms with Gasteiger partial charge in [-0.3, -0.25) is 0 Å². The van der Waals surface area contributed by atoms with Crippen LogP contribution in [0.3, 0.4) is 0 Å². The topological polar surface area (TPSA) is 97.3 Å². The molecule has 1 unspecified atom stereocenters. The van der Waals surface area contributed by atoms with Crippen LogP contribution in [0.1, 0.15) is 72.9 Å². The molecular formula is C25H28FIN5O2-. The van der Waals surface area contributed by atoms with E-state index in [9.17, 15) is 9.65 Å². The Kier molecular flexibility index (Phi) is 5.46. The minimum atomic E-state index is -0.779. The second-order valence-corrected chi connectivity index (χ2v) is 12.9. The summed E-state index contributed by atoms with van der Waals surface area (Å²) in [5, 5.41) is 9.92. The van der Waals surface area contributed by atoms with E-state index in [0.717, 1.165) is 54.6 Å². The number of nitrogen functional groups attached to an aromatic ring is 1. The van der Waals surface area contributed by atoms with Crippen molar-refractivity contribution < 1.29 is 33.8 Å². The number of alkyl halides is 2. The number of nitrogens with two attached hydrogens (primary N) is 1. The zero-order chi connectivity index (χ0) is 23.5. The fourth-order valence-corrected chi connectivity index (χ4v) is 9.03. The summed E-state index contributed by atoms with van der Waals surface area (Å²) in [5.41, 5.74) is 10.5. The van der Waals surface area contributed by atoms with Gasteiger partial charge in [-0.1, -0.05) is 0 Å². The van der Waals surface area contributed by atoms with E-state index in [1.54, 1.807) is 6.20 Å². The van der Waals surface area contributed by atoms with Gasteiger partial charge in [0.1, 0.15) is 0 Å². The summed E-state index contributed by atoms with van der Waals surface area (Å²) in [6, 6.07) is 6.59. The van der Waals surface area contributed by atoms with E-state index < -0.39 is 33.4 Å². The van der Waals surface area contributed by atoms with Gasteiger partial charge in [0.25, 0.3) is 0 Å². The molecule has 4 heterocycles. The number of hydrogen-bond donors (Lipinski definition) is 1. The first-order chi connectivity index (χ1) is 16.4. The van der Waals surface area contributed by atoms with Gasteiger partial charge in [-0.2, -0.15) is 0 Å². The molecular weight excluding hydrogens is 548 g/mol. The molecule has 0 saturated carbocycles. The van der Waals surface area contributed by atoms with Crippen LogP contribution < -0.4 is 30.4 Å². The number of nitrogens with zero attached hydrogens (tertiary/aromatic N) is 4. The minimum absolute atomic E-state index is 0.125. The number of ether oxygens (including phenoxy) is 1. The number of halogens is 2. The number of anilines is 1. The van der Waals surface area contributed by atoms with Crippen molar-refractivity contribution in [1.29, 1.82) is 5.26 Å². The van der Waals surface area contributed by atoms with Crippen LogP contribution in [0.4, 0.5) is 10.1 Å². The molecule has 1 aromatic carbocycles. The summed E-state index contributed by atoms with van der Waals surface area (Å²) >= 11 is -0.779. The number of nitriles is 1. The Bertz CT molecular complexity index is 1190. The second-order valence-electron chi connectivity index (χ2n) is 10.1. The molecule has 4 atom stereocenters. The molecule has 4 aliphatic rings. The van der Waals surface area contributed by atoms with Crippen molar-refractivity contribution in [1.82, 2.24) is 14.9 Å². The molecule has 0 radical (unpaired) electrons. The Balaban J connectivity index is 1.30. The van der Waals surface area contributed by atoms with Crippen LogP contribution in [0, 0.1) is 11.3 Å². The Labute approximate surface area is 209 Å². The van der Waals surface area contributed by atoms with Crippen molar-refractivity contribution in [2.75, 3.05) is 18.8 Å². The maximum atomic E-state index is 14.1. The molecule has 3 aliphatic heterocycles. The number of benzene rings is 1. The normalized spacial score (nSPS) is 32.3. The molecule has 34 heavy (non-hydrogen) atoms. The van der Waals surface area contributed by atoms with Gasteiger partial charge in [-0.15, -0.1) is 0 Å². The third-order valence-electron chi connectivity index (χ3n) is 8.00. The molecule has 1 aliphatic carbocycles. The van der Waals surface area contributed by atoms with Crippen molar-refractivity contribution in [3.63, 3.8) is 0 Å². The van der Waals surface area contributed by atoms with Crippen LogP contribution >= 0.6 is 0 Å². The van der Waals surface area contributed by atoms with E-state index in [1.165, 1.54) is 0 Å². The van der Waals surface area contributed by atoms with Gasteiger partial charge < -0.3 is 0 Å². The van der Waals surface area contributed by atoms with Crippen molar-refractivity contribution >= 4 is 5.69 Å². The number of fused-ring (bicyclic) bond motifs is 4. The molecule has 0 amide bonds. The quantitative estimate of drug-likeness (QED) is 0.249. The average Bonchev–Trinajstić information content (AvgIpc) is 3.35. The van der Waals surface area contributed by atoms with E-state index in [1.807, 2.05) is 12.1 Å².